The van der Waals surface area contributed by atoms with Crippen molar-refractivity contribution in [2.45, 2.75) is 85.0 Å². The molecule has 24 heavy (non-hydrogen) atoms. The van der Waals surface area contributed by atoms with Crippen LogP contribution >= 0.6 is 0 Å². The van der Waals surface area contributed by atoms with Crippen LogP contribution in [0.2, 0.25) is 0 Å². The minimum atomic E-state index is -0.320. The number of hydrogen-bond donors (Lipinski definition) is 0. The highest BCUT2D eigenvalue weighted by Gasteiger charge is 2.44. The normalized spacial score (nSPS) is 23.2. The SMILES string of the molecule is CCCCCCOC(=O)C1CCC(C)C1C(=O)OCCCCCC. The zero-order valence-corrected chi connectivity index (χ0v) is 15.9. The third-order valence-corrected chi connectivity index (χ3v) is 5.04. The molecule has 1 aliphatic rings. The van der Waals surface area contributed by atoms with Gasteiger partial charge < -0.3 is 9.47 Å². The predicted molar refractivity (Wildman–Crippen MR) is 95.6 cm³/mol. The lowest BCUT2D eigenvalue weighted by molar-refractivity contribution is -0.160. The lowest BCUT2D eigenvalue weighted by Crippen LogP contribution is -2.31. The molecule has 0 bridgehead atoms. The van der Waals surface area contributed by atoms with Crippen LogP contribution in [0.4, 0.5) is 0 Å². The monoisotopic (exact) mass is 340 g/mol. The summed E-state index contributed by atoms with van der Waals surface area (Å²) < 4.78 is 10.8. The fourth-order valence-electron chi connectivity index (χ4n) is 3.47. The van der Waals surface area contributed by atoms with Crippen LogP contribution in [0.15, 0.2) is 0 Å². The maximum absolute atomic E-state index is 12.4. The molecule has 1 aliphatic carbocycles. The van der Waals surface area contributed by atoms with Crippen molar-refractivity contribution >= 4 is 11.9 Å². The van der Waals surface area contributed by atoms with Gasteiger partial charge in [-0.3, -0.25) is 9.59 Å². The first-order chi connectivity index (χ1) is 11.6. The van der Waals surface area contributed by atoms with E-state index in [4.69, 9.17) is 9.47 Å². The molecule has 140 valence electrons. The minimum absolute atomic E-state index is 0.200. The van der Waals surface area contributed by atoms with Gasteiger partial charge in [0.05, 0.1) is 25.0 Å². The van der Waals surface area contributed by atoms with Crippen molar-refractivity contribution in [2.75, 3.05) is 13.2 Å². The molecule has 3 atom stereocenters. The first kappa shape index (κ1) is 21.0. The molecule has 0 aromatic rings. The van der Waals surface area contributed by atoms with Crippen molar-refractivity contribution in [3.05, 3.63) is 0 Å². The lowest BCUT2D eigenvalue weighted by atomic mass is 9.90. The number of carbonyl (C=O) groups is 2. The Kier molecular flexibility index (Phi) is 10.8. The Morgan fingerprint density at radius 1 is 0.792 bits per heavy atom. The van der Waals surface area contributed by atoms with E-state index >= 15 is 0 Å². The van der Waals surface area contributed by atoms with Crippen LogP contribution in [0.1, 0.15) is 85.0 Å². The Balaban J connectivity index is 2.37. The second kappa shape index (κ2) is 12.3. The fourth-order valence-corrected chi connectivity index (χ4v) is 3.47. The smallest absolute Gasteiger partial charge is 0.310 e. The molecule has 1 rings (SSSR count). The third-order valence-electron chi connectivity index (χ3n) is 5.04. The molecule has 3 unspecified atom stereocenters. The van der Waals surface area contributed by atoms with Crippen LogP contribution in [0, 0.1) is 17.8 Å². The minimum Gasteiger partial charge on any atom is -0.465 e. The predicted octanol–water partition coefficient (Wildman–Crippen LogP) is 4.90. The second-order valence-corrected chi connectivity index (χ2v) is 7.14. The molecule has 0 radical (unpaired) electrons. The Morgan fingerprint density at radius 2 is 1.33 bits per heavy atom. The summed E-state index contributed by atoms with van der Waals surface area (Å²) in [7, 11) is 0. The number of carbonyl (C=O) groups excluding carboxylic acids is 2. The van der Waals surface area contributed by atoms with Gasteiger partial charge in [-0.1, -0.05) is 59.3 Å². The van der Waals surface area contributed by atoms with Crippen molar-refractivity contribution in [2.24, 2.45) is 17.8 Å². The van der Waals surface area contributed by atoms with Gasteiger partial charge >= 0.3 is 11.9 Å². The summed E-state index contributed by atoms with van der Waals surface area (Å²) in [6.07, 6.45) is 10.3. The molecular weight excluding hydrogens is 304 g/mol. The van der Waals surface area contributed by atoms with E-state index in [9.17, 15) is 9.59 Å². The number of rotatable bonds is 12. The van der Waals surface area contributed by atoms with Gasteiger partial charge in [-0.05, 0) is 31.6 Å². The van der Waals surface area contributed by atoms with Crippen LogP contribution in [0.25, 0.3) is 0 Å². The van der Waals surface area contributed by atoms with Crippen LogP contribution in [0.5, 0.6) is 0 Å². The quantitative estimate of drug-likeness (QED) is 0.375. The molecule has 1 fully saturated rings. The molecule has 4 heteroatoms. The first-order valence-electron chi connectivity index (χ1n) is 9.95. The molecule has 0 amide bonds. The number of ether oxygens (including phenoxy) is 2. The molecule has 0 N–H and O–H groups in total. The molecule has 0 spiro atoms. The highest BCUT2D eigenvalue weighted by atomic mass is 16.5. The zero-order chi connectivity index (χ0) is 17.8. The fraction of sp³-hybridized carbons (Fsp3) is 0.900. The zero-order valence-electron chi connectivity index (χ0n) is 15.9. The van der Waals surface area contributed by atoms with E-state index in [1.807, 2.05) is 6.92 Å². The van der Waals surface area contributed by atoms with Gasteiger partial charge in [0.1, 0.15) is 0 Å². The van der Waals surface area contributed by atoms with Gasteiger partial charge in [-0.2, -0.15) is 0 Å². The highest BCUT2D eigenvalue weighted by molar-refractivity contribution is 5.83. The van der Waals surface area contributed by atoms with Gasteiger partial charge in [-0.25, -0.2) is 0 Å². The standard InChI is InChI=1S/C20H36O4/c1-4-6-8-10-14-23-19(21)17-13-12-16(3)18(17)20(22)24-15-11-9-7-5-2/h16-18H,4-15H2,1-3H3. The lowest BCUT2D eigenvalue weighted by Gasteiger charge is -2.20. The van der Waals surface area contributed by atoms with Gasteiger partial charge in [0, 0.05) is 0 Å². The molecule has 0 aliphatic heterocycles. The number of unbranched alkanes of at least 4 members (excludes halogenated alkanes) is 6. The first-order valence-corrected chi connectivity index (χ1v) is 9.95. The average Bonchev–Trinajstić information content (AvgIpc) is 2.96. The van der Waals surface area contributed by atoms with E-state index in [0.29, 0.717) is 13.2 Å². The summed E-state index contributed by atoms with van der Waals surface area (Å²) in [5.41, 5.74) is 0. The maximum Gasteiger partial charge on any atom is 0.310 e. The Labute approximate surface area is 147 Å². The molecule has 4 nitrogen and oxygen atoms in total. The second-order valence-electron chi connectivity index (χ2n) is 7.14. The molecular formula is C20H36O4. The summed E-state index contributed by atoms with van der Waals surface area (Å²) >= 11 is 0. The van der Waals surface area contributed by atoms with Gasteiger partial charge in [0.15, 0.2) is 0 Å². The Hall–Kier alpha value is -1.06. The van der Waals surface area contributed by atoms with Crippen molar-refractivity contribution in [3.8, 4) is 0 Å². The van der Waals surface area contributed by atoms with E-state index in [0.717, 1.165) is 38.5 Å². The Bertz CT molecular complexity index is 367. The van der Waals surface area contributed by atoms with Gasteiger partial charge in [0.25, 0.3) is 0 Å². The van der Waals surface area contributed by atoms with Gasteiger partial charge in [0.2, 0.25) is 0 Å². The van der Waals surface area contributed by atoms with Crippen molar-refractivity contribution in [1.29, 1.82) is 0 Å². The molecule has 1 saturated carbocycles. The van der Waals surface area contributed by atoms with E-state index in [1.165, 1.54) is 25.7 Å². The van der Waals surface area contributed by atoms with Crippen molar-refractivity contribution in [1.82, 2.24) is 0 Å². The topological polar surface area (TPSA) is 52.6 Å². The summed E-state index contributed by atoms with van der Waals surface area (Å²) in [5.74, 6) is -0.840. The van der Waals surface area contributed by atoms with E-state index in [2.05, 4.69) is 13.8 Å². The van der Waals surface area contributed by atoms with Gasteiger partial charge in [-0.15, -0.1) is 0 Å². The average molecular weight is 341 g/mol. The summed E-state index contributed by atoms with van der Waals surface area (Å²) in [6.45, 7) is 7.30. The van der Waals surface area contributed by atoms with Crippen molar-refractivity contribution < 1.29 is 19.1 Å². The third kappa shape index (κ3) is 7.23. The largest absolute Gasteiger partial charge is 0.465 e. The number of hydrogen-bond acceptors (Lipinski definition) is 4. The van der Waals surface area contributed by atoms with Crippen LogP contribution < -0.4 is 0 Å². The number of esters is 2. The Morgan fingerprint density at radius 3 is 1.88 bits per heavy atom. The van der Waals surface area contributed by atoms with Crippen molar-refractivity contribution in [3.63, 3.8) is 0 Å². The molecule has 0 aromatic carbocycles. The maximum atomic E-state index is 12.4. The van der Waals surface area contributed by atoms with Crippen LogP contribution in [0.3, 0.4) is 0 Å². The summed E-state index contributed by atoms with van der Waals surface area (Å²) in [4.78, 5) is 24.7. The van der Waals surface area contributed by atoms with Crippen LogP contribution in [-0.2, 0) is 19.1 Å². The molecule has 0 aromatic heterocycles. The van der Waals surface area contributed by atoms with E-state index in [-0.39, 0.29) is 29.7 Å². The summed E-state index contributed by atoms with van der Waals surface area (Å²) in [5, 5.41) is 0. The molecule has 0 saturated heterocycles. The van der Waals surface area contributed by atoms with E-state index < -0.39 is 0 Å². The summed E-state index contributed by atoms with van der Waals surface area (Å²) in [6, 6.07) is 0. The van der Waals surface area contributed by atoms with Crippen LogP contribution in [-0.4, -0.2) is 25.2 Å². The molecule has 0 heterocycles. The van der Waals surface area contributed by atoms with E-state index in [1.54, 1.807) is 0 Å². The highest BCUT2D eigenvalue weighted by Crippen LogP contribution is 2.38.